The minimum Gasteiger partial charge on any atom is -0.490 e. The van der Waals surface area contributed by atoms with Gasteiger partial charge in [-0.1, -0.05) is 24.3 Å². The summed E-state index contributed by atoms with van der Waals surface area (Å²) in [5.74, 6) is 0.187. The lowest BCUT2D eigenvalue weighted by molar-refractivity contribution is -0.150. The number of piperidine rings is 1. The lowest BCUT2D eigenvalue weighted by atomic mass is 9.98. The first-order valence-corrected chi connectivity index (χ1v) is 10.8. The second-order valence-corrected chi connectivity index (χ2v) is 9.05. The zero-order chi connectivity index (χ0) is 18.4. The largest absolute Gasteiger partial charge is 0.490 e. The van der Waals surface area contributed by atoms with Gasteiger partial charge in [-0.25, -0.2) is 8.42 Å². The van der Waals surface area contributed by atoms with E-state index in [1.807, 2.05) is 30.3 Å². The molecule has 0 saturated carbocycles. The summed E-state index contributed by atoms with van der Waals surface area (Å²) in [5, 5.41) is 1.74. The van der Waals surface area contributed by atoms with Crippen LogP contribution in [0.1, 0.15) is 12.8 Å². The van der Waals surface area contributed by atoms with Gasteiger partial charge in [-0.2, -0.15) is 4.31 Å². The standard InChI is InChI=1S/C18H21NO5S2/c20-18(24-13-12-23-16-5-2-1-3-6-16)15-8-10-19(11-9-15)26(21,22)17-7-4-14-25-17/h1-7,14-15H,8-13H2. The molecule has 2 aromatic rings. The van der Waals surface area contributed by atoms with Gasteiger partial charge in [0.15, 0.2) is 0 Å². The van der Waals surface area contributed by atoms with Crippen LogP contribution in [-0.4, -0.2) is 45.0 Å². The van der Waals surface area contributed by atoms with E-state index in [-0.39, 0.29) is 18.5 Å². The van der Waals surface area contributed by atoms with Gasteiger partial charge in [-0.3, -0.25) is 4.79 Å². The van der Waals surface area contributed by atoms with Crippen molar-refractivity contribution in [3.8, 4) is 5.75 Å². The molecular formula is C18H21NO5S2. The van der Waals surface area contributed by atoms with Crippen molar-refractivity contribution in [3.05, 3.63) is 47.8 Å². The monoisotopic (exact) mass is 395 g/mol. The van der Waals surface area contributed by atoms with Crippen LogP contribution in [0.15, 0.2) is 52.1 Å². The van der Waals surface area contributed by atoms with Gasteiger partial charge in [0, 0.05) is 13.1 Å². The number of hydrogen-bond donors (Lipinski definition) is 0. The number of rotatable bonds is 7. The van der Waals surface area contributed by atoms with E-state index in [1.165, 1.54) is 15.6 Å². The Morgan fingerprint density at radius 2 is 1.81 bits per heavy atom. The number of sulfonamides is 1. The molecule has 1 fully saturated rings. The molecule has 6 nitrogen and oxygen atoms in total. The van der Waals surface area contributed by atoms with Crippen molar-refractivity contribution in [1.29, 1.82) is 0 Å². The number of ether oxygens (including phenoxy) is 2. The number of carbonyl (C=O) groups is 1. The lowest BCUT2D eigenvalue weighted by Crippen LogP contribution is -2.40. The third-order valence-electron chi connectivity index (χ3n) is 4.22. The Kier molecular flexibility index (Phi) is 6.29. The molecule has 0 amide bonds. The molecule has 3 rings (SSSR count). The average Bonchev–Trinajstić information content (AvgIpc) is 3.22. The van der Waals surface area contributed by atoms with E-state index in [0.29, 0.717) is 36.7 Å². The fraction of sp³-hybridized carbons (Fsp3) is 0.389. The highest BCUT2D eigenvalue weighted by Crippen LogP contribution is 2.26. The Balaban J connectivity index is 1.41. The normalized spacial score (nSPS) is 16.3. The van der Waals surface area contributed by atoms with Gasteiger partial charge < -0.3 is 9.47 Å². The average molecular weight is 396 g/mol. The fourth-order valence-corrected chi connectivity index (χ4v) is 5.42. The maximum absolute atomic E-state index is 12.5. The Labute approximate surface area is 157 Å². The van der Waals surface area contributed by atoms with Crippen molar-refractivity contribution in [2.45, 2.75) is 17.1 Å². The van der Waals surface area contributed by atoms with Crippen LogP contribution in [0, 0.1) is 5.92 Å². The molecule has 140 valence electrons. The zero-order valence-corrected chi connectivity index (χ0v) is 15.9. The van der Waals surface area contributed by atoms with Gasteiger partial charge in [0.1, 0.15) is 23.2 Å². The summed E-state index contributed by atoms with van der Waals surface area (Å²) in [5.41, 5.74) is 0. The van der Waals surface area contributed by atoms with Gasteiger partial charge in [0.2, 0.25) is 0 Å². The molecule has 1 saturated heterocycles. The number of esters is 1. The van der Waals surface area contributed by atoms with Crippen LogP contribution in [0.2, 0.25) is 0 Å². The van der Waals surface area contributed by atoms with Gasteiger partial charge >= 0.3 is 5.97 Å². The Morgan fingerprint density at radius 1 is 1.08 bits per heavy atom. The first kappa shape index (κ1) is 18.9. The van der Waals surface area contributed by atoms with E-state index < -0.39 is 10.0 Å². The Hall–Kier alpha value is -1.90. The van der Waals surface area contributed by atoms with E-state index in [2.05, 4.69) is 0 Å². The first-order chi connectivity index (χ1) is 12.6. The van der Waals surface area contributed by atoms with E-state index in [9.17, 15) is 13.2 Å². The van der Waals surface area contributed by atoms with Gasteiger partial charge in [0.05, 0.1) is 5.92 Å². The molecule has 2 heterocycles. The molecule has 1 aromatic carbocycles. The molecule has 8 heteroatoms. The summed E-state index contributed by atoms with van der Waals surface area (Å²) < 4.78 is 37.5. The highest BCUT2D eigenvalue weighted by atomic mass is 32.2. The SMILES string of the molecule is O=C(OCCOc1ccccc1)C1CCN(S(=O)(=O)c2cccs2)CC1. The highest BCUT2D eigenvalue weighted by molar-refractivity contribution is 7.91. The lowest BCUT2D eigenvalue weighted by Gasteiger charge is -2.29. The number of thiophene rings is 1. The minimum absolute atomic E-state index is 0.182. The summed E-state index contributed by atoms with van der Waals surface area (Å²) in [7, 11) is -3.44. The molecule has 0 aliphatic carbocycles. The summed E-state index contributed by atoms with van der Waals surface area (Å²) in [4.78, 5) is 12.2. The minimum atomic E-state index is -3.44. The second kappa shape index (κ2) is 8.66. The molecule has 0 radical (unpaired) electrons. The molecule has 0 N–H and O–H groups in total. The second-order valence-electron chi connectivity index (χ2n) is 5.94. The number of benzene rings is 1. The molecule has 1 aromatic heterocycles. The van der Waals surface area contributed by atoms with E-state index in [4.69, 9.17) is 9.47 Å². The van der Waals surface area contributed by atoms with Crippen LogP contribution >= 0.6 is 11.3 Å². The molecular weight excluding hydrogens is 374 g/mol. The molecule has 0 atom stereocenters. The predicted octanol–water partition coefficient (Wildman–Crippen LogP) is 2.77. The Bertz CT molecular complexity index is 797. The third kappa shape index (κ3) is 4.63. The van der Waals surface area contributed by atoms with Gasteiger partial charge in [-0.15, -0.1) is 11.3 Å². The maximum Gasteiger partial charge on any atom is 0.309 e. The molecule has 0 unspecified atom stereocenters. The van der Waals surface area contributed by atoms with Crippen LogP contribution in [0.3, 0.4) is 0 Å². The van der Waals surface area contributed by atoms with E-state index in [1.54, 1.807) is 17.5 Å². The van der Waals surface area contributed by atoms with Crippen molar-refractivity contribution in [1.82, 2.24) is 4.31 Å². The van der Waals surface area contributed by atoms with Crippen molar-refractivity contribution in [3.63, 3.8) is 0 Å². The summed E-state index contributed by atoms with van der Waals surface area (Å²) >= 11 is 1.21. The third-order valence-corrected chi connectivity index (χ3v) is 7.49. The first-order valence-electron chi connectivity index (χ1n) is 8.45. The van der Waals surface area contributed by atoms with Crippen molar-refractivity contribution in [2.24, 2.45) is 5.92 Å². The number of hydrogen-bond acceptors (Lipinski definition) is 6. The van der Waals surface area contributed by atoms with Gasteiger partial charge in [0.25, 0.3) is 10.0 Å². The summed E-state index contributed by atoms with van der Waals surface area (Å²) in [6, 6.07) is 12.7. The van der Waals surface area contributed by atoms with Crippen LogP contribution in [0.4, 0.5) is 0 Å². The van der Waals surface area contributed by atoms with Crippen LogP contribution in [0.25, 0.3) is 0 Å². The topological polar surface area (TPSA) is 72.9 Å². The van der Waals surface area contributed by atoms with E-state index >= 15 is 0 Å². The molecule has 0 spiro atoms. The maximum atomic E-state index is 12.5. The van der Waals surface area contributed by atoms with Crippen molar-refractivity contribution < 1.29 is 22.7 Å². The molecule has 1 aliphatic rings. The van der Waals surface area contributed by atoms with Crippen LogP contribution in [-0.2, 0) is 19.6 Å². The number of carbonyl (C=O) groups excluding carboxylic acids is 1. The molecule has 0 bridgehead atoms. The number of nitrogens with zero attached hydrogens (tertiary/aromatic N) is 1. The Morgan fingerprint density at radius 3 is 2.46 bits per heavy atom. The van der Waals surface area contributed by atoms with Crippen LogP contribution in [0.5, 0.6) is 5.75 Å². The van der Waals surface area contributed by atoms with E-state index in [0.717, 1.165) is 5.75 Å². The number of para-hydroxylation sites is 1. The van der Waals surface area contributed by atoms with Crippen LogP contribution < -0.4 is 4.74 Å². The predicted molar refractivity (Wildman–Crippen MR) is 98.7 cm³/mol. The zero-order valence-electron chi connectivity index (χ0n) is 14.2. The highest BCUT2D eigenvalue weighted by Gasteiger charge is 2.33. The molecule has 26 heavy (non-hydrogen) atoms. The van der Waals surface area contributed by atoms with Crippen molar-refractivity contribution in [2.75, 3.05) is 26.3 Å². The molecule has 1 aliphatic heterocycles. The summed E-state index contributed by atoms with van der Waals surface area (Å²) in [6.07, 6.45) is 0.950. The summed E-state index contributed by atoms with van der Waals surface area (Å²) in [6.45, 7) is 1.14. The smallest absolute Gasteiger partial charge is 0.309 e. The quantitative estimate of drug-likeness (QED) is 0.532. The fourth-order valence-electron chi connectivity index (χ4n) is 2.81. The van der Waals surface area contributed by atoms with Crippen molar-refractivity contribution >= 4 is 27.3 Å². The van der Waals surface area contributed by atoms with Gasteiger partial charge in [-0.05, 0) is 36.4 Å².